The second-order valence-corrected chi connectivity index (χ2v) is 5.05. The highest BCUT2D eigenvalue weighted by Gasteiger charge is 2.23. The third kappa shape index (κ3) is 2.17. The first-order valence-electron chi connectivity index (χ1n) is 5.25. The first-order chi connectivity index (χ1) is 7.58. The molecule has 0 saturated carbocycles. The molecule has 1 aromatic heterocycles. The van der Waals surface area contributed by atoms with Gasteiger partial charge in [0, 0.05) is 31.9 Å². The predicted molar refractivity (Wildman–Crippen MR) is 63.1 cm³/mol. The summed E-state index contributed by atoms with van der Waals surface area (Å²) in [6.07, 6.45) is 0. The molecule has 1 aliphatic heterocycles. The number of hydrogen-bond acceptors (Lipinski definition) is 4. The van der Waals surface area contributed by atoms with E-state index in [2.05, 4.69) is 9.88 Å². The number of rotatable bonds is 1. The number of thiazole rings is 1. The van der Waals surface area contributed by atoms with E-state index in [0.717, 1.165) is 37.5 Å². The summed E-state index contributed by atoms with van der Waals surface area (Å²) in [5, 5.41) is 0. The number of nitrogens with zero attached hydrogens (tertiary/aromatic N) is 2. The minimum Gasteiger partial charge on any atom is -0.335 e. The molecular formula is C10H15N3O2S. The summed E-state index contributed by atoms with van der Waals surface area (Å²) >= 11 is 1.00. The zero-order valence-corrected chi connectivity index (χ0v) is 10.3. The Kier molecular flexibility index (Phi) is 3.11. The molecule has 0 aliphatic carbocycles. The molecule has 0 aromatic carbocycles. The molecule has 1 aliphatic rings. The fourth-order valence-electron chi connectivity index (χ4n) is 1.76. The van der Waals surface area contributed by atoms with Gasteiger partial charge in [-0.25, -0.2) is 0 Å². The monoisotopic (exact) mass is 241 g/mol. The molecule has 1 N–H and O–H groups in total. The zero-order valence-electron chi connectivity index (χ0n) is 9.45. The van der Waals surface area contributed by atoms with Crippen LogP contribution in [0.4, 0.5) is 0 Å². The molecule has 2 rings (SSSR count). The van der Waals surface area contributed by atoms with Crippen molar-refractivity contribution in [1.29, 1.82) is 0 Å². The largest absolute Gasteiger partial charge is 0.335 e. The Hall–Kier alpha value is -1.14. The van der Waals surface area contributed by atoms with Gasteiger partial charge < -0.3 is 14.8 Å². The van der Waals surface area contributed by atoms with Crippen LogP contribution in [0.5, 0.6) is 0 Å². The lowest BCUT2D eigenvalue weighted by Gasteiger charge is -2.32. The van der Waals surface area contributed by atoms with Gasteiger partial charge in [-0.3, -0.25) is 9.59 Å². The van der Waals surface area contributed by atoms with Gasteiger partial charge in [0.1, 0.15) is 4.88 Å². The van der Waals surface area contributed by atoms with Crippen molar-refractivity contribution in [2.45, 2.75) is 6.92 Å². The summed E-state index contributed by atoms with van der Waals surface area (Å²) < 4.78 is 0. The van der Waals surface area contributed by atoms with Crippen molar-refractivity contribution in [3.63, 3.8) is 0 Å². The molecule has 1 fully saturated rings. The number of carbonyl (C=O) groups excluding carboxylic acids is 1. The molecule has 16 heavy (non-hydrogen) atoms. The zero-order chi connectivity index (χ0) is 11.7. The van der Waals surface area contributed by atoms with Gasteiger partial charge in [-0.15, -0.1) is 0 Å². The Balaban J connectivity index is 2.13. The van der Waals surface area contributed by atoms with Gasteiger partial charge >= 0.3 is 4.87 Å². The Morgan fingerprint density at radius 3 is 2.44 bits per heavy atom. The van der Waals surface area contributed by atoms with Crippen molar-refractivity contribution in [3.8, 4) is 0 Å². The van der Waals surface area contributed by atoms with Crippen LogP contribution < -0.4 is 4.87 Å². The Morgan fingerprint density at radius 1 is 1.31 bits per heavy atom. The molecule has 0 spiro atoms. The minimum atomic E-state index is -0.157. The van der Waals surface area contributed by atoms with Crippen LogP contribution in [0.3, 0.4) is 0 Å². The lowest BCUT2D eigenvalue weighted by Crippen LogP contribution is -2.47. The number of aryl methyl sites for hydroxylation is 1. The fraction of sp³-hybridized carbons (Fsp3) is 0.600. The third-order valence-electron chi connectivity index (χ3n) is 2.81. The van der Waals surface area contributed by atoms with Crippen LogP contribution in [0.2, 0.25) is 0 Å². The van der Waals surface area contributed by atoms with Crippen LogP contribution in [-0.2, 0) is 0 Å². The molecule has 1 aromatic rings. The lowest BCUT2D eigenvalue weighted by atomic mass is 10.3. The van der Waals surface area contributed by atoms with Crippen molar-refractivity contribution in [2.75, 3.05) is 33.2 Å². The van der Waals surface area contributed by atoms with Gasteiger partial charge in [0.2, 0.25) is 0 Å². The van der Waals surface area contributed by atoms with Gasteiger partial charge in [-0.05, 0) is 14.0 Å². The molecule has 2 heterocycles. The van der Waals surface area contributed by atoms with Crippen LogP contribution >= 0.6 is 11.3 Å². The summed E-state index contributed by atoms with van der Waals surface area (Å²) in [7, 11) is 2.04. The van der Waals surface area contributed by atoms with Crippen LogP contribution in [0.15, 0.2) is 4.79 Å². The highest BCUT2D eigenvalue weighted by Crippen LogP contribution is 2.13. The van der Waals surface area contributed by atoms with Gasteiger partial charge in [0.25, 0.3) is 5.91 Å². The van der Waals surface area contributed by atoms with Crippen LogP contribution in [0.1, 0.15) is 15.4 Å². The summed E-state index contributed by atoms with van der Waals surface area (Å²) in [6, 6.07) is 0. The molecule has 1 saturated heterocycles. The molecular weight excluding hydrogens is 226 g/mol. The topological polar surface area (TPSA) is 56.4 Å². The average Bonchev–Trinajstić information content (AvgIpc) is 2.58. The number of likely N-dealkylation sites (N-methyl/N-ethyl adjacent to an activating group) is 1. The van der Waals surface area contributed by atoms with Gasteiger partial charge in [-0.1, -0.05) is 11.3 Å². The van der Waals surface area contributed by atoms with Crippen molar-refractivity contribution in [1.82, 2.24) is 14.8 Å². The molecule has 0 radical (unpaired) electrons. The van der Waals surface area contributed by atoms with Gasteiger partial charge in [-0.2, -0.15) is 0 Å². The second-order valence-electron chi connectivity index (χ2n) is 4.06. The first kappa shape index (κ1) is 11.3. The normalized spacial score (nSPS) is 17.8. The van der Waals surface area contributed by atoms with E-state index in [1.165, 1.54) is 0 Å². The van der Waals surface area contributed by atoms with Gasteiger partial charge in [0.15, 0.2) is 0 Å². The van der Waals surface area contributed by atoms with Crippen molar-refractivity contribution < 1.29 is 4.79 Å². The maximum absolute atomic E-state index is 12.1. The molecule has 1 amide bonds. The van der Waals surface area contributed by atoms with E-state index < -0.39 is 0 Å². The third-order valence-corrected chi connectivity index (χ3v) is 3.78. The first-order valence-corrected chi connectivity index (χ1v) is 6.07. The Morgan fingerprint density at radius 2 is 1.94 bits per heavy atom. The molecule has 0 unspecified atom stereocenters. The van der Waals surface area contributed by atoms with Gasteiger partial charge in [0.05, 0.1) is 0 Å². The number of hydrogen-bond donors (Lipinski definition) is 1. The molecule has 5 nitrogen and oxygen atoms in total. The minimum absolute atomic E-state index is 0.0195. The smallest absolute Gasteiger partial charge is 0.305 e. The molecule has 0 bridgehead atoms. The van der Waals surface area contributed by atoms with Crippen molar-refractivity contribution in [2.24, 2.45) is 0 Å². The Bertz CT molecular complexity index is 443. The fourth-order valence-corrected chi connectivity index (χ4v) is 2.57. The standard InChI is InChI=1S/C10H15N3O2S/c1-7-8(16-10(15)11-7)9(14)13-5-3-12(2)4-6-13/h3-6H2,1-2H3,(H,11,15). The highest BCUT2D eigenvalue weighted by atomic mass is 32.1. The summed E-state index contributed by atoms with van der Waals surface area (Å²) in [5.74, 6) is -0.0195. The van der Waals surface area contributed by atoms with Crippen LogP contribution in [-0.4, -0.2) is 53.9 Å². The number of aromatic nitrogens is 1. The van der Waals surface area contributed by atoms with E-state index in [1.807, 2.05) is 11.9 Å². The maximum atomic E-state index is 12.1. The van der Waals surface area contributed by atoms with E-state index in [4.69, 9.17) is 0 Å². The predicted octanol–water partition coefficient (Wildman–Crippen LogP) is 0.132. The van der Waals surface area contributed by atoms with E-state index in [-0.39, 0.29) is 10.8 Å². The van der Waals surface area contributed by atoms with E-state index in [0.29, 0.717) is 10.6 Å². The summed E-state index contributed by atoms with van der Waals surface area (Å²) in [4.78, 5) is 30.3. The second kappa shape index (κ2) is 4.39. The number of piperazine rings is 1. The van der Waals surface area contributed by atoms with E-state index >= 15 is 0 Å². The number of nitrogens with one attached hydrogen (secondary N) is 1. The number of H-pyrrole nitrogens is 1. The van der Waals surface area contributed by atoms with E-state index in [1.54, 1.807) is 6.92 Å². The Labute approximate surface area is 97.7 Å². The number of amides is 1. The van der Waals surface area contributed by atoms with Crippen LogP contribution in [0, 0.1) is 6.92 Å². The molecule has 88 valence electrons. The quantitative estimate of drug-likeness (QED) is 0.760. The van der Waals surface area contributed by atoms with Crippen molar-refractivity contribution in [3.05, 3.63) is 20.2 Å². The van der Waals surface area contributed by atoms with Crippen LogP contribution in [0.25, 0.3) is 0 Å². The lowest BCUT2D eigenvalue weighted by molar-refractivity contribution is 0.0668. The highest BCUT2D eigenvalue weighted by molar-refractivity contribution is 7.11. The maximum Gasteiger partial charge on any atom is 0.305 e. The number of carbonyl (C=O) groups is 1. The summed E-state index contributed by atoms with van der Waals surface area (Å²) in [6.45, 7) is 5.02. The molecule has 6 heteroatoms. The SMILES string of the molecule is Cc1[nH]c(=O)sc1C(=O)N1CCN(C)CC1. The number of aromatic amines is 1. The average molecular weight is 241 g/mol. The summed E-state index contributed by atoms with van der Waals surface area (Å²) in [5.41, 5.74) is 0.680. The van der Waals surface area contributed by atoms with E-state index in [9.17, 15) is 9.59 Å². The van der Waals surface area contributed by atoms with Crippen molar-refractivity contribution >= 4 is 17.2 Å². The molecule has 0 atom stereocenters.